The number of hydrogen-bond donors (Lipinski definition) is 1. The Balaban J connectivity index is 2.45. The van der Waals surface area contributed by atoms with Crippen LogP contribution in [0.25, 0.3) is 0 Å². The second-order valence-electron chi connectivity index (χ2n) is 3.79. The lowest BCUT2D eigenvalue weighted by Gasteiger charge is -2.07. The van der Waals surface area contributed by atoms with Crippen LogP contribution < -0.4 is 4.57 Å². The number of aryl methyl sites for hydroxylation is 1. The van der Waals surface area contributed by atoms with Gasteiger partial charge in [0, 0.05) is 0 Å². The van der Waals surface area contributed by atoms with Gasteiger partial charge in [-0.05, 0) is 17.2 Å². The van der Waals surface area contributed by atoms with Crippen LogP contribution in [0.15, 0.2) is 36.5 Å². The van der Waals surface area contributed by atoms with Crippen LogP contribution in [0.5, 0.6) is 0 Å². The molecule has 0 fully saturated rings. The zero-order valence-corrected chi connectivity index (χ0v) is 10.0. The van der Waals surface area contributed by atoms with Crippen LogP contribution in [0.1, 0.15) is 17.5 Å². The molecule has 0 aliphatic carbocycles. The van der Waals surface area contributed by atoms with E-state index in [1.165, 1.54) is 0 Å². The first-order valence-corrected chi connectivity index (χ1v) is 5.43. The third-order valence-corrected chi connectivity index (χ3v) is 3.04. The first-order valence-electron chi connectivity index (χ1n) is 5.05. The zero-order chi connectivity index (χ0) is 11.7. The van der Waals surface area contributed by atoms with E-state index in [0.717, 1.165) is 11.4 Å². The van der Waals surface area contributed by atoms with Crippen LogP contribution in [-0.2, 0) is 14.1 Å². The molecule has 2 aromatic rings. The van der Waals surface area contributed by atoms with Crippen molar-refractivity contribution in [1.29, 1.82) is 0 Å². The highest BCUT2D eigenvalue weighted by Gasteiger charge is 2.25. The minimum Gasteiger partial charge on any atom is -0.376 e. The van der Waals surface area contributed by atoms with Gasteiger partial charge in [0.1, 0.15) is 6.20 Å². The molecule has 3 nitrogen and oxygen atoms in total. The molecule has 1 atom stereocenters. The normalized spacial score (nSPS) is 12.8. The summed E-state index contributed by atoms with van der Waals surface area (Å²) in [6, 6.07) is 9.53. The van der Waals surface area contributed by atoms with E-state index in [-0.39, 0.29) is 0 Å². The van der Waals surface area contributed by atoms with Gasteiger partial charge in [0.15, 0.2) is 6.10 Å². The Bertz CT molecular complexity index is 493. The van der Waals surface area contributed by atoms with E-state index < -0.39 is 6.10 Å². The number of rotatable bonds is 2. The molecule has 84 valence electrons. The van der Waals surface area contributed by atoms with Gasteiger partial charge < -0.3 is 5.11 Å². The maximum absolute atomic E-state index is 10.3. The third-order valence-electron chi connectivity index (χ3n) is 2.69. The monoisotopic (exact) mass is 237 g/mol. The minimum absolute atomic E-state index is 0.604. The van der Waals surface area contributed by atoms with Crippen molar-refractivity contribution in [1.82, 2.24) is 4.57 Å². The number of nitrogens with zero attached hydrogens (tertiary/aromatic N) is 2. The molecule has 1 N–H and O–H groups in total. The van der Waals surface area contributed by atoms with Gasteiger partial charge in [0.25, 0.3) is 5.82 Å². The molecular formula is C12H14ClN2O+. The van der Waals surface area contributed by atoms with Crippen molar-refractivity contribution in [2.24, 2.45) is 14.1 Å². The van der Waals surface area contributed by atoms with Crippen LogP contribution in [0.4, 0.5) is 0 Å². The van der Waals surface area contributed by atoms with Gasteiger partial charge in [-0.2, -0.15) is 0 Å². The maximum Gasteiger partial charge on any atom is 0.291 e. The molecule has 0 unspecified atom stereocenters. The maximum atomic E-state index is 10.3. The molecule has 1 heterocycles. The van der Waals surface area contributed by atoms with E-state index in [2.05, 4.69) is 0 Å². The van der Waals surface area contributed by atoms with Crippen molar-refractivity contribution in [3.05, 3.63) is 53.1 Å². The van der Waals surface area contributed by atoms with Crippen molar-refractivity contribution >= 4 is 11.6 Å². The topological polar surface area (TPSA) is 29.0 Å². The molecule has 16 heavy (non-hydrogen) atoms. The highest BCUT2D eigenvalue weighted by atomic mass is 35.5. The molecule has 0 amide bonds. The number of aliphatic hydroxyl groups excluding tert-OH is 1. The molecule has 0 radical (unpaired) electrons. The summed E-state index contributed by atoms with van der Waals surface area (Å²) in [6.45, 7) is 0. The molecule has 0 aliphatic rings. The summed E-state index contributed by atoms with van der Waals surface area (Å²) >= 11 is 6.00. The largest absolute Gasteiger partial charge is 0.376 e. The number of aliphatic hydroxyl groups is 1. The van der Waals surface area contributed by atoms with Crippen LogP contribution in [0, 0.1) is 0 Å². The second-order valence-corrected chi connectivity index (χ2v) is 4.18. The number of imidazole rings is 1. The summed E-state index contributed by atoms with van der Waals surface area (Å²) < 4.78 is 3.61. The lowest BCUT2D eigenvalue weighted by molar-refractivity contribution is -0.681. The van der Waals surface area contributed by atoms with Gasteiger partial charge in [0.2, 0.25) is 5.15 Å². The standard InChI is InChI=1S/C12H14ClN2O/c1-14-8-10(13)15(2)12(14)11(16)9-6-4-3-5-7-9/h3-8,11,16H,1-2H3/q+1/t11-/m0/s1. The van der Waals surface area contributed by atoms with E-state index in [4.69, 9.17) is 11.6 Å². The Kier molecular flexibility index (Phi) is 2.99. The van der Waals surface area contributed by atoms with Crippen LogP contribution >= 0.6 is 11.6 Å². The summed E-state index contributed by atoms with van der Waals surface area (Å²) in [5.74, 6) is 0.760. The Hall–Kier alpha value is -1.32. The molecule has 0 spiro atoms. The summed E-state index contributed by atoms with van der Waals surface area (Å²) in [6.07, 6.45) is 1.12. The summed E-state index contributed by atoms with van der Waals surface area (Å²) in [4.78, 5) is 0. The Labute approximate surface area is 99.5 Å². The van der Waals surface area contributed by atoms with Crippen LogP contribution in [0.3, 0.4) is 0 Å². The lowest BCUT2D eigenvalue weighted by atomic mass is 10.1. The number of aromatic nitrogens is 2. The zero-order valence-electron chi connectivity index (χ0n) is 9.26. The van der Waals surface area contributed by atoms with Gasteiger partial charge in [-0.1, -0.05) is 30.3 Å². The highest BCUT2D eigenvalue weighted by molar-refractivity contribution is 6.29. The summed E-state index contributed by atoms with van der Waals surface area (Å²) in [5.41, 5.74) is 0.857. The molecule has 0 bridgehead atoms. The second kappa shape index (κ2) is 4.28. The Morgan fingerprint density at radius 2 is 1.94 bits per heavy atom. The van der Waals surface area contributed by atoms with Crippen LogP contribution in [-0.4, -0.2) is 9.67 Å². The van der Waals surface area contributed by atoms with Gasteiger partial charge in [-0.3, -0.25) is 0 Å². The summed E-state index contributed by atoms with van der Waals surface area (Å²) in [5, 5.41) is 10.9. The van der Waals surface area contributed by atoms with E-state index >= 15 is 0 Å². The predicted octanol–water partition coefficient (Wildman–Crippen LogP) is 1.58. The fraction of sp³-hybridized carbons (Fsp3) is 0.250. The van der Waals surface area contributed by atoms with E-state index in [9.17, 15) is 5.11 Å². The van der Waals surface area contributed by atoms with E-state index in [0.29, 0.717) is 5.15 Å². The fourth-order valence-electron chi connectivity index (χ4n) is 1.82. The molecule has 0 saturated carbocycles. The number of benzene rings is 1. The van der Waals surface area contributed by atoms with E-state index in [1.807, 2.05) is 49.0 Å². The molecule has 0 saturated heterocycles. The molecule has 1 aromatic carbocycles. The van der Waals surface area contributed by atoms with Gasteiger partial charge in [-0.15, -0.1) is 0 Å². The third kappa shape index (κ3) is 1.84. The number of halogens is 1. The summed E-state index contributed by atoms with van der Waals surface area (Å²) in [7, 11) is 3.71. The lowest BCUT2D eigenvalue weighted by Crippen LogP contribution is -2.34. The molecule has 2 rings (SSSR count). The van der Waals surface area contributed by atoms with Gasteiger partial charge >= 0.3 is 0 Å². The number of hydrogen-bond acceptors (Lipinski definition) is 1. The predicted molar refractivity (Wildman–Crippen MR) is 62.1 cm³/mol. The Morgan fingerprint density at radius 1 is 1.31 bits per heavy atom. The van der Waals surface area contributed by atoms with E-state index in [1.54, 1.807) is 10.8 Å². The van der Waals surface area contributed by atoms with Crippen molar-refractivity contribution in [3.8, 4) is 0 Å². The Morgan fingerprint density at radius 3 is 2.44 bits per heavy atom. The minimum atomic E-state index is -0.663. The van der Waals surface area contributed by atoms with Crippen LogP contribution in [0.2, 0.25) is 5.15 Å². The quantitative estimate of drug-likeness (QED) is 0.790. The average Bonchev–Trinajstić information content (AvgIpc) is 2.54. The molecule has 4 heteroatoms. The molecule has 0 aliphatic heterocycles. The first kappa shape index (κ1) is 11.2. The van der Waals surface area contributed by atoms with Crippen molar-refractivity contribution in [2.45, 2.75) is 6.10 Å². The fourth-order valence-corrected chi connectivity index (χ4v) is 2.05. The van der Waals surface area contributed by atoms with Gasteiger partial charge in [0.05, 0.1) is 14.1 Å². The first-order chi connectivity index (χ1) is 7.61. The van der Waals surface area contributed by atoms with Crippen molar-refractivity contribution < 1.29 is 9.67 Å². The van der Waals surface area contributed by atoms with Crippen molar-refractivity contribution in [2.75, 3.05) is 0 Å². The average molecular weight is 238 g/mol. The smallest absolute Gasteiger partial charge is 0.291 e. The molecule has 1 aromatic heterocycles. The van der Waals surface area contributed by atoms with Crippen molar-refractivity contribution in [3.63, 3.8) is 0 Å². The van der Waals surface area contributed by atoms with Gasteiger partial charge in [-0.25, -0.2) is 9.13 Å². The SMILES string of the molecule is Cn1c(Cl)c[n+](C)c1[C@@H](O)c1ccccc1. The molecular weight excluding hydrogens is 224 g/mol. The highest BCUT2D eigenvalue weighted by Crippen LogP contribution is 2.21.